The normalized spacial score (nSPS) is 21.8. The highest BCUT2D eigenvalue weighted by Gasteiger charge is 2.40. The molecule has 1 aliphatic carbocycles. The zero-order chi connectivity index (χ0) is 22.0. The summed E-state index contributed by atoms with van der Waals surface area (Å²) in [4.78, 5) is 17.1. The summed E-state index contributed by atoms with van der Waals surface area (Å²) in [6.07, 6.45) is 4.60. The molecule has 1 unspecified atom stereocenters. The smallest absolute Gasteiger partial charge is 0.253 e. The van der Waals surface area contributed by atoms with Gasteiger partial charge in [0.15, 0.2) is 11.6 Å². The van der Waals surface area contributed by atoms with Gasteiger partial charge in [0.05, 0.1) is 0 Å². The number of likely N-dealkylation sites (tertiary alicyclic amines) is 1. The first-order valence-corrected chi connectivity index (χ1v) is 11.6. The number of nitrogens with zero attached hydrogens (tertiary/aromatic N) is 2. The third-order valence-corrected chi connectivity index (χ3v) is 7.02. The third-order valence-electron chi connectivity index (χ3n) is 7.02. The van der Waals surface area contributed by atoms with Gasteiger partial charge in [0.1, 0.15) is 0 Å². The monoisotopic (exact) mass is 424 g/mol. The molecule has 2 fully saturated rings. The Hall–Kier alpha value is -2.40. The van der Waals surface area contributed by atoms with Crippen LogP contribution in [0.1, 0.15) is 61.0 Å². The first-order valence-electron chi connectivity index (χ1n) is 11.6. The van der Waals surface area contributed by atoms with E-state index in [2.05, 4.69) is 17.0 Å². The van der Waals surface area contributed by atoms with Crippen molar-refractivity contribution < 1.29 is 14.3 Å². The second kappa shape index (κ2) is 8.99. The predicted octanol–water partition coefficient (Wildman–Crippen LogP) is 4.81. The Kier molecular flexibility index (Phi) is 6.33. The molecule has 1 heterocycles. The van der Waals surface area contributed by atoms with Gasteiger partial charge in [-0.3, -0.25) is 4.79 Å². The van der Waals surface area contributed by atoms with E-state index in [1.54, 1.807) is 6.07 Å². The molecule has 0 aromatic heterocycles. The van der Waals surface area contributed by atoms with Crippen LogP contribution < -0.4 is 0 Å². The maximum Gasteiger partial charge on any atom is 0.253 e. The average molecular weight is 425 g/mol. The summed E-state index contributed by atoms with van der Waals surface area (Å²) in [5, 5.41) is 10.1. The highest BCUT2D eigenvalue weighted by molar-refractivity contribution is 5.94. The lowest BCUT2D eigenvalue weighted by Gasteiger charge is -2.44. The van der Waals surface area contributed by atoms with E-state index in [9.17, 15) is 14.3 Å². The van der Waals surface area contributed by atoms with E-state index >= 15 is 0 Å². The van der Waals surface area contributed by atoms with Crippen LogP contribution in [0.3, 0.4) is 0 Å². The van der Waals surface area contributed by atoms with E-state index in [4.69, 9.17) is 0 Å². The lowest BCUT2D eigenvalue weighted by atomic mass is 9.69. The number of rotatable bonds is 7. The van der Waals surface area contributed by atoms with E-state index < -0.39 is 5.82 Å². The fraction of sp³-hybridized carbons (Fsp3) is 0.500. The first kappa shape index (κ1) is 21.8. The lowest BCUT2D eigenvalue weighted by molar-refractivity contribution is 0.0773. The van der Waals surface area contributed by atoms with E-state index in [1.807, 2.05) is 36.9 Å². The zero-order valence-corrected chi connectivity index (χ0v) is 18.6. The summed E-state index contributed by atoms with van der Waals surface area (Å²) in [7, 11) is 0. The number of phenols is 1. The van der Waals surface area contributed by atoms with Crippen molar-refractivity contribution in [3.8, 4) is 5.75 Å². The Morgan fingerprint density at radius 3 is 2.42 bits per heavy atom. The number of carbonyl (C=O) groups is 1. The van der Waals surface area contributed by atoms with Crippen molar-refractivity contribution in [2.45, 2.75) is 44.9 Å². The molecular formula is C26H33FN2O2. The van der Waals surface area contributed by atoms with Crippen LogP contribution in [0.5, 0.6) is 5.75 Å². The minimum absolute atomic E-state index is 0.0454. The summed E-state index contributed by atoms with van der Waals surface area (Å²) in [6.45, 7) is 8.37. The van der Waals surface area contributed by atoms with Crippen LogP contribution in [0.4, 0.5) is 4.39 Å². The van der Waals surface area contributed by atoms with Gasteiger partial charge in [-0.2, -0.15) is 0 Å². The van der Waals surface area contributed by atoms with Gasteiger partial charge in [0, 0.05) is 37.2 Å². The van der Waals surface area contributed by atoms with Gasteiger partial charge in [-0.25, -0.2) is 4.39 Å². The van der Waals surface area contributed by atoms with Crippen molar-refractivity contribution in [3.63, 3.8) is 0 Å². The molecule has 31 heavy (non-hydrogen) atoms. The molecule has 1 saturated carbocycles. The van der Waals surface area contributed by atoms with Crippen LogP contribution in [0, 0.1) is 11.7 Å². The minimum atomic E-state index is -0.593. The molecule has 1 N–H and O–H groups in total. The van der Waals surface area contributed by atoms with E-state index in [-0.39, 0.29) is 17.1 Å². The predicted molar refractivity (Wildman–Crippen MR) is 121 cm³/mol. The molecule has 1 aliphatic heterocycles. The summed E-state index contributed by atoms with van der Waals surface area (Å²) >= 11 is 0. The molecule has 1 amide bonds. The van der Waals surface area contributed by atoms with Crippen molar-refractivity contribution in [2.24, 2.45) is 5.92 Å². The van der Waals surface area contributed by atoms with Gasteiger partial charge < -0.3 is 14.9 Å². The number of amides is 1. The largest absolute Gasteiger partial charge is 0.505 e. The van der Waals surface area contributed by atoms with Crippen molar-refractivity contribution in [1.29, 1.82) is 0 Å². The third kappa shape index (κ3) is 4.47. The number of hydrogen-bond donors (Lipinski definition) is 1. The van der Waals surface area contributed by atoms with Crippen molar-refractivity contribution >= 4 is 5.91 Å². The molecule has 2 aliphatic rings. The molecular weight excluding hydrogens is 391 g/mol. The average Bonchev–Trinajstić information content (AvgIpc) is 3.60. The molecule has 166 valence electrons. The molecule has 1 saturated heterocycles. The Bertz CT molecular complexity index is 922. The number of phenolic OH excluding ortho intramolecular Hbond substituents is 1. The maximum atomic E-state index is 13.8. The molecule has 2 aromatic rings. The zero-order valence-electron chi connectivity index (χ0n) is 18.6. The summed E-state index contributed by atoms with van der Waals surface area (Å²) in [5.41, 5.74) is 2.43. The van der Waals surface area contributed by atoms with Gasteiger partial charge in [-0.15, -0.1) is 0 Å². The fourth-order valence-electron chi connectivity index (χ4n) is 5.04. The standard InChI is InChI=1S/C26H33FN2O2/c1-3-29(4-2)25(31)20-8-10-21(11-9-20)26(22-12-13-23(27)24(30)16-22)14-5-15-28(18-26)17-19-6-7-19/h8-13,16,19,30H,3-7,14-15,17-18H2,1-2H3. The van der Waals surface area contributed by atoms with E-state index in [1.165, 1.54) is 18.9 Å². The first-order chi connectivity index (χ1) is 15.0. The summed E-state index contributed by atoms with van der Waals surface area (Å²) < 4.78 is 13.8. The van der Waals surface area contributed by atoms with Crippen LogP contribution in [-0.4, -0.2) is 53.5 Å². The molecule has 0 spiro atoms. The molecule has 0 bridgehead atoms. The molecule has 2 aromatic carbocycles. The Labute approximate surface area is 184 Å². The minimum Gasteiger partial charge on any atom is -0.505 e. The number of halogens is 1. The van der Waals surface area contributed by atoms with Crippen LogP contribution >= 0.6 is 0 Å². The summed E-state index contributed by atoms with van der Waals surface area (Å²) in [6, 6.07) is 12.7. The number of aromatic hydroxyl groups is 1. The number of benzene rings is 2. The molecule has 5 heteroatoms. The number of hydrogen-bond acceptors (Lipinski definition) is 3. The van der Waals surface area contributed by atoms with Gasteiger partial charge >= 0.3 is 0 Å². The Morgan fingerprint density at radius 2 is 1.81 bits per heavy atom. The van der Waals surface area contributed by atoms with Crippen LogP contribution in [0.2, 0.25) is 0 Å². The van der Waals surface area contributed by atoms with Crippen molar-refractivity contribution in [3.05, 3.63) is 65.0 Å². The number of carbonyl (C=O) groups excluding carboxylic acids is 1. The second-order valence-corrected chi connectivity index (χ2v) is 9.09. The van der Waals surface area contributed by atoms with Gasteiger partial charge in [0.25, 0.3) is 5.91 Å². The molecule has 4 rings (SSSR count). The van der Waals surface area contributed by atoms with Gasteiger partial charge in [0.2, 0.25) is 0 Å². The highest BCUT2D eigenvalue weighted by atomic mass is 19.1. The molecule has 1 atom stereocenters. The van der Waals surface area contributed by atoms with Crippen LogP contribution in [-0.2, 0) is 5.41 Å². The highest BCUT2D eigenvalue weighted by Crippen LogP contribution is 2.43. The van der Waals surface area contributed by atoms with E-state index in [0.29, 0.717) is 18.7 Å². The number of piperidine rings is 1. The quantitative estimate of drug-likeness (QED) is 0.694. The van der Waals surface area contributed by atoms with Crippen molar-refractivity contribution in [1.82, 2.24) is 9.80 Å². The van der Waals surface area contributed by atoms with Crippen LogP contribution in [0.25, 0.3) is 0 Å². The Balaban J connectivity index is 1.70. The molecule has 0 radical (unpaired) electrons. The van der Waals surface area contributed by atoms with E-state index in [0.717, 1.165) is 49.5 Å². The van der Waals surface area contributed by atoms with Crippen molar-refractivity contribution in [2.75, 3.05) is 32.7 Å². The van der Waals surface area contributed by atoms with Gasteiger partial charge in [-0.05, 0) is 87.4 Å². The summed E-state index contributed by atoms with van der Waals surface area (Å²) in [5.74, 6) is -0.0512. The van der Waals surface area contributed by atoms with Crippen LogP contribution in [0.15, 0.2) is 42.5 Å². The van der Waals surface area contributed by atoms with Gasteiger partial charge in [-0.1, -0.05) is 18.2 Å². The molecule has 4 nitrogen and oxygen atoms in total. The topological polar surface area (TPSA) is 43.8 Å². The lowest BCUT2D eigenvalue weighted by Crippen LogP contribution is -2.47. The Morgan fingerprint density at radius 1 is 1.13 bits per heavy atom. The SMILES string of the molecule is CCN(CC)C(=O)c1ccc(C2(c3ccc(F)c(O)c3)CCCN(CC3CC3)C2)cc1. The fourth-order valence-corrected chi connectivity index (χ4v) is 5.04. The second-order valence-electron chi connectivity index (χ2n) is 9.09. The maximum absolute atomic E-state index is 13.8.